The van der Waals surface area contributed by atoms with Gasteiger partial charge in [0.15, 0.2) is 0 Å². The first kappa shape index (κ1) is 19.2. The second-order valence-electron chi connectivity index (χ2n) is 7.42. The van der Waals surface area contributed by atoms with Gasteiger partial charge in [0, 0.05) is 26.1 Å². The number of hydrogen-bond donors (Lipinski definition) is 0. The number of anilines is 1. The monoisotopic (exact) mass is 403 g/mol. The van der Waals surface area contributed by atoms with Crippen LogP contribution in [0.2, 0.25) is 0 Å². The number of hydrogen-bond acceptors (Lipinski definition) is 4. The molecule has 1 aromatic heterocycles. The highest BCUT2D eigenvalue weighted by Crippen LogP contribution is 2.45. The minimum atomic E-state index is -3.47. The summed E-state index contributed by atoms with van der Waals surface area (Å²) in [6.45, 7) is 0.143. The van der Waals surface area contributed by atoms with Crippen LogP contribution >= 0.6 is 0 Å². The molecule has 0 N–H and O–H groups in total. The Morgan fingerprint density at radius 3 is 2.61 bits per heavy atom. The Labute approximate surface area is 164 Å². The normalized spacial score (nSPS) is 24.7. The Kier molecular flexibility index (Phi) is 5.03. The highest BCUT2D eigenvalue weighted by molar-refractivity contribution is 7.96. The largest absolute Gasteiger partial charge is 0.597 e. The molecule has 2 heterocycles. The maximum Gasteiger partial charge on any atom is 0.231 e. The third-order valence-electron chi connectivity index (χ3n) is 5.50. The van der Waals surface area contributed by atoms with E-state index < -0.39 is 22.4 Å². The molecule has 4 rings (SSSR count). The van der Waals surface area contributed by atoms with Gasteiger partial charge >= 0.3 is 0 Å². The number of sulfonamides is 1. The molecular weight excluding hydrogens is 381 g/mol. The van der Waals surface area contributed by atoms with Crippen molar-refractivity contribution in [2.75, 3.05) is 18.5 Å². The van der Waals surface area contributed by atoms with E-state index in [9.17, 15) is 17.9 Å². The standard InChI is InChI=1S/C20H22FN3O3S/c1-23(17-3-2-10-22-12-17)20(25)15-11-19(14-4-6-16(21)7-5-14)24(13-15)28(26,27)18-8-9-18/h2-7,10,12,15,18-19H,8-9,11,13H2,1H3/t15-,19-/m1/s1. The summed E-state index contributed by atoms with van der Waals surface area (Å²) in [6.07, 6.45) is 4.92. The molecule has 1 saturated carbocycles. The van der Waals surface area contributed by atoms with Crippen LogP contribution in [0.5, 0.6) is 0 Å². The summed E-state index contributed by atoms with van der Waals surface area (Å²) in [6, 6.07) is 8.94. The summed E-state index contributed by atoms with van der Waals surface area (Å²) in [5, 5.41) is -0.361. The van der Waals surface area contributed by atoms with Crippen molar-refractivity contribution in [3.8, 4) is 0 Å². The Balaban J connectivity index is 1.61. The van der Waals surface area contributed by atoms with Gasteiger partial charge in [-0.2, -0.15) is 0 Å². The van der Waals surface area contributed by atoms with Crippen molar-refractivity contribution in [1.29, 1.82) is 0 Å². The number of carbonyl (C=O) groups is 1. The Bertz CT molecular complexity index is 905. The fourth-order valence-electron chi connectivity index (χ4n) is 3.76. The van der Waals surface area contributed by atoms with E-state index >= 15 is 0 Å². The number of carbonyl (C=O) groups excluding carboxylic acids is 1. The number of amides is 1. The predicted molar refractivity (Wildman–Crippen MR) is 103 cm³/mol. The summed E-state index contributed by atoms with van der Waals surface area (Å²) in [5.74, 6) is -0.982. The second-order valence-corrected chi connectivity index (χ2v) is 9.59. The average Bonchev–Trinajstić information content (AvgIpc) is 3.47. The smallest absolute Gasteiger partial charge is 0.231 e. The van der Waals surface area contributed by atoms with Crippen LogP contribution in [0.4, 0.5) is 10.1 Å². The van der Waals surface area contributed by atoms with Crippen LogP contribution in [0.15, 0.2) is 48.8 Å². The molecule has 0 bridgehead atoms. The lowest BCUT2D eigenvalue weighted by molar-refractivity contribution is -0.121. The third kappa shape index (κ3) is 3.59. The quantitative estimate of drug-likeness (QED) is 0.719. The average molecular weight is 403 g/mol. The molecule has 6 nitrogen and oxygen atoms in total. The Morgan fingerprint density at radius 2 is 2.00 bits per heavy atom. The van der Waals surface area contributed by atoms with E-state index in [1.54, 1.807) is 43.7 Å². The molecule has 148 valence electrons. The van der Waals surface area contributed by atoms with Gasteiger partial charge < -0.3 is 9.45 Å². The molecule has 8 heteroatoms. The first-order valence-electron chi connectivity index (χ1n) is 9.31. The van der Waals surface area contributed by atoms with Gasteiger partial charge in [-0.15, -0.1) is 4.31 Å². The van der Waals surface area contributed by atoms with Crippen LogP contribution in [0.25, 0.3) is 0 Å². The molecule has 3 atom stereocenters. The molecule has 1 aromatic carbocycles. The van der Waals surface area contributed by atoms with Crippen LogP contribution in [0, 0.1) is 11.7 Å². The van der Waals surface area contributed by atoms with E-state index in [2.05, 4.69) is 4.98 Å². The maximum atomic E-state index is 13.3. The number of pyridine rings is 1. The fraction of sp³-hybridized carbons (Fsp3) is 0.400. The number of halogens is 1. The molecule has 0 radical (unpaired) electrons. The van der Waals surface area contributed by atoms with Gasteiger partial charge in [0.2, 0.25) is 5.91 Å². The summed E-state index contributed by atoms with van der Waals surface area (Å²) in [7, 11) is -1.80. The molecular formula is C20H22FN3O3S. The zero-order valence-corrected chi connectivity index (χ0v) is 16.3. The van der Waals surface area contributed by atoms with Gasteiger partial charge in [-0.25, -0.2) is 4.39 Å². The summed E-state index contributed by atoms with van der Waals surface area (Å²) in [5.41, 5.74) is 1.37. The zero-order valence-electron chi connectivity index (χ0n) is 15.5. The minimum absolute atomic E-state index is 0.143. The lowest BCUT2D eigenvalue weighted by atomic mass is 9.99. The fourth-order valence-corrected chi connectivity index (χ4v) is 5.83. The highest BCUT2D eigenvalue weighted by atomic mass is 32.3. The van der Waals surface area contributed by atoms with Crippen molar-refractivity contribution in [1.82, 2.24) is 9.29 Å². The van der Waals surface area contributed by atoms with E-state index in [4.69, 9.17) is 0 Å². The van der Waals surface area contributed by atoms with Crippen LogP contribution in [-0.2, 0) is 19.4 Å². The lowest BCUT2D eigenvalue weighted by Gasteiger charge is -2.29. The molecule has 1 aliphatic heterocycles. The molecule has 1 unspecified atom stereocenters. The van der Waals surface area contributed by atoms with Crippen LogP contribution in [0.3, 0.4) is 0 Å². The predicted octanol–water partition coefficient (Wildman–Crippen LogP) is 2.95. The summed E-state index contributed by atoms with van der Waals surface area (Å²) >= 11 is 0. The van der Waals surface area contributed by atoms with Crippen molar-refractivity contribution in [2.24, 2.45) is 5.92 Å². The van der Waals surface area contributed by atoms with Crippen molar-refractivity contribution in [3.05, 3.63) is 60.2 Å². The lowest BCUT2D eigenvalue weighted by Crippen LogP contribution is -2.41. The van der Waals surface area contributed by atoms with Crippen molar-refractivity contribution in [3.63, 3.8) is 0 Å². The molecule has 28 heavy (non-hydrogen) atoms. The van der Waals surface area contributed by atoms with E-state index in [1.807, 2.05) is 0 Å². The SMILES string of the molecule is CN(C(=O)[C@@H]1C[C@H](c2ccc(F)cc2)N([S+](=O)([O-])C2CC2)C1)c1cccnc1. The second kappa shape index (κ2) is 7.35. The Morgan fingerprint density at radius 1 is 1.29 bits per heavy atom. The first-order valence-corrected chi connectivity index (χ1v) is 10.8. The number of rotatable bonds is 5. The summed E-state index contributed by atoms with van der Waals surface area (Å²) < 4.78 is 40.7. The maximum absolute atomic E-state index is 13.3. The molecule has 2 aromatic rings. The van der Waals surface area contributed by atoms with Crippen LogP contribution < -0.4 is 4.90 Å². The summed E-state index contributed by atoms with van der Waals surface area (Å²) in [4.78, 5) is 18.6. The topological polar surface area (TPSA) is 76.6 Å². The van der Waals surface area contributed by atoms with E-state index in [0.717, 1.165) is 0 Å². The molecule has 1 aliphatic carbocycles. The zero-order chi connectivity index (χ0) is 19.9. The van der Waals surface area contributed by atoms with Crippen molar-refractivity contribution >= 4 is 22.0 Å². The molecule has 1 saturated heterocycles. The molecule has 1 amide bonds. The van der Waals surface area contributed by atoms with Gasteiger partial charge in [0.05, 0.1) is 30.4 Å². The van der Waals surface area contributed by atoms with Gasteiger partial charge in [0.1, 0.15) is 21.5 Å². The van der Waals surface area contributed by atoms with Crippen molar-refractivity contribution in [2.45, 2.75) is 30.6 Å². The highest BCUT2D eigenvalue weighted by Gasteiger charge is 2.53. The van der Waals surface area contributed by atoms with Crippen molar-refractivity contribution < 1.29 is 17.9 Å². The minimum Gasteiger partial charge on any atom is -0.597 e. The number of aromatic nitrogens is 1. The molecule has 2 fully saturated rings. The van der Waals surface area contributed by atoms with Gasteiger partial charge in [0.25, 0.3) is 0 Å². The van der Waals surface area contributed by atoms with Gasteiger partial charge in [-0.05, 0) is 36.2 Å². The van der Waals surface area contributed by atoms with E-state index in [-0.39, 0.29) is 23.5 Å². The van der Waals surface area contributed by atoms with E-state index in [1.165, 1.54) is 21.3 Å². The number of nitrogens with zero attached hydrogens (tertiary/aromatic N) is 3. The Hall–Kier alpha value is -2.16. The third-order valence-corrected chi connectivity index (χ3v) is 7.87. The molecule has 0 spiro atoms. The first-order chi connectivity index (χ1) is 13.4. The van der Waals surface area contributed by atoms with Crippen LogP contribution in [0.1, 0.15) is 30.9 Å². The van der Waals surface area contributed by atoms with Gasteiger partial charge in [-0.1, -0.05) is 16.3 Å². The van der Waals surface area contributed by atoms with Crippen LogP contribution in [-0.4, -0.2) is 38.6 Å². The molecule has 2 aliphatic rings. The number of benzene rings is 1. The van der Waals surface area contributed by atoms with E-state index in [0.29, 0.717) is 30.5 Å². The van der Waals surface area contributed by atoms with Gasteiger partial charge in [-0.3, -0.25) is 9.78 Å².